The van der Waals surface area contributed by atoms with Gasteiger partial charge in [-0.25, -0.2) is 4.98 Å². The first-order valence-corrected chi connectivity index (χ1v) is 6.47. The number of likely N-dealkylation sites (tertiary alicyclic amines) is 1. The van der Waals surface area contributed by atoms with Crippen molar-refractivity contribution in [2.45, 2.75) is 32.2 Å². The van der Waals surface area contributed by atoms with Gasteiger partial charge in [-0.15, -0.1) is 0 Å². The number of rotatable bonds is 2. The molecule has 1 saturated heterocycles. The summed E-state index contributed by atoms with van der Waals surface area (Å²) < 4.78 is 0.919. The van der Waals surface area contributed by atoms with E-state index in [0.29, 0.717) is 0 Å². The summed E-state index contributed by atoms with van der Waals surface area (Å²) in [6.07, 6.45) is 7.47. The van der Waals surface area contributed by atoms with E-state index in [1.165, 1.54) is 44.3 Å². The van der Waals surface area contributed by atoms with Crippen molar-refractivity contribution in [2.24, 2.45) is 0 Å². The maximum absolute atomic E-state index is 4.26. The second-order valence-electron chi connectivity index (χ2n) is 4.18. The molecule has 0 aromatic carbocycles. The molecule has 1 aliphatic heterocycles. The van der Waals surface area contributed by atoms with Gasteiger partial charge in [-0.2, -0.15) is 0 Å². The average molecular weight is 269 g/mol. The molecule has 2 heterocycles. The van der Waals surface area contributed by atoms with E-state index in [2.05, 4.69) is 31.9 Å². The van der Waals surface area contributed by atoms with E-state index in [1.807, 2.05) is 12.3 Å². The third kappa shape index (κ3) is 3.58. The number of hydrogen-bond donors (Lipinski definition) is 0. The number of aromatic nitrogens is 1. The average Bonchev–Trinajstić information content (AvgIpc) is 2.50. The van der Waals surface area contributed by atoms with Gasteiger partial charge in [-0.05, 0) is 53.5 Å². The van der Waals surface area contributed by atoms with Gasteiger partial charge in [-0.3, -0.25) is 4.90 Å². The van der Waals surface area contributed by atoms with Crippen LogP contribution < -0.4 is 0 Å². The highest BCUT2D eigenvalue weighted by Gasteiger charge is 2.09. The number of hydrogen-bond acceptors (Lipinski definition) is 2. The van der Waals surface area contributed by atoms with Crippen molar-refractivity contribution in [1.82, 2.24) is 9.88 Å². The van der Waals surface area contributed by atoms with E-state index in [0.717, 1.165) is 11.1 Å². The van der Waals surface area contributed by atoms with Gasteiger partial charge in [0.2, 0.25) is 0 Å². The molecule has 0 radical (unpaired) electrons. The molecule has 0 amide bonds. The highest BCUT2D eigenvalue weighted by Crippen LogP contribution is 2.13. The molecule has 0 saturated carbocycles. The zero-order valence-electron chi connectivity index (χ0n) is 8.95. The number of pyridine rings is 1. The van der Waals surface area contributed by atoms with E-state index in [4.69, 9.17) is 0 Å². The molecule has 0 atom stereocenters. The van der Waals surface area contributed by atoms with Gasteiger partial charge in [0.15, 0.2) is 0 Å². The van der Waals surface area contributed by atoms with Gasteiger partial charge >= 0.3 is 0 Å². The van der Waals surface area contributed by atoms with E-state index < -0.39 is 0 Å². The standard InChI is InChI=1S/C12H17BrN2/c13-12-6-5-11(9-14-12)10-15-7-3-1-2-4-8-15/h5-6,9H,1-4,7-8,10H2. The first-order valence-electron chi connectivity index (χ1n) is 5.67. The van der Waals surface area contributed by atoms with Crippen LogP contribution in [0.25, 0.3) is 0 Å². The third-order valence-electron chi connectivity index (χ3n) is 2.89. The summed E-state index contributed by atoms with van der Waals surface area (Å²) in [4.78, 5) is 6.80. The van der Waals surface area contributed by atoms with Crippen molar-refractivity contribution in [3.05, 3.63) is 28.5 Å². The largest absolute Gasteiger partial charge is 0.299 e. The number of nitrogens with zero attached hydrogens (tertiary/aromatic N) is 2. The highest BCUT2D eigenvalue weighted by atomic mass is 79.9. The smallest absolute Gasteiger partial charge is 0.106 e. The van der Waals surface area contributed by atoms with Crippen LogP contribution in [0.3, 0.4) is 0 Å². The van der Waals surface area contributed by atoms with Crippen LogP contribution >= 0.6 is 15.9 Å². The maximum atomic E-state index is 4.26. The van der Waals surface area contributed by atoms with E-state index in [9.17, 15) is 0 Å². The summed E-state index contributed by atoms with van der Waals surface area (Å²) in [7, 11) is 0. The number of halogens is 1. The van der Waals surface area contributed by atoms with Crippen molar-refractivity contribution in [3.63, 3.8) is 0 Å². The van der Waals surface area contributed by atoms with Crippen molar-refractivity contribution >= 4 is 15.9 Å². The molecule has 0 bridgehead atoms. The molecule has 82 valence electrons. The Morgan fingerprint density at radius 2 is 1.87 bits per heavy atom. The summed E-state index contributed by atoms with van der Waals surface area (Å²) in [5, 5.41) is 0. The van der Waals surface area contributed by atoms with Crippen LogP contribution in [-0.4, -0.2) is 23.0 Å². The normalized spacial score (nSPS) is 18.7. The Labute approximate surface area is 99.8 Å². The Bertz CT molecular complexity index is 289. The SMILES string of the molecule is Brc1ccc(CN2CCCCCC2)cn1. The van der Waals surface area contributed by atoms with Crippen LogP contribution in [0.2, 0.25) is 0 Å². The first kappa shape index (κ1) is 11.1. The fraction of sp³-hybridized carbons (Fsp3) is 0.583. The zero-order valence-corrected chi connectivity index (χ0v) is 10.5. The van der Waals surface area contributed by atoms with E-state index >= 15 is 0 Å². The fourth-order valence-corrected chi connectivity index (χ4v) is 2.29. The molecule has 1 fully saturated rings. The Balaban J connectivity index is 1.92. The lowest BCUT2D eigenvalue weighted by Gasteiger charge is -2.19. The predicted molar refractivity (Wildman–Crippen MR) is 65.7 cm³/mol. The van der Waals surface area contributed by atoms with Crippen LogP contribution in [0, 0.1) is 0 Å². The van der Waals surface area contributed by atoms with Crippen LogP contribution in [0.15, 0.2) is 22.9 Å². The van der Waals surface area contributed by atoms with Crippen molar-refractivity contribution in [2.75, 3.05) is 13.1 Å². The summed E-state index contributed by atoms with van der Waals surface area (Å²) in [6.45, 7) is 3.55. The lowest BCUT2D eigenvalue weighted by Crippen LogP contribution is -2.23. The van der Waals surface area contributed by atoms with Crippen molar-refractivity contribution in [1.29, 1.82) is 0 Å². The molecule has 1 aromatic rings. The van der Waals surface area contributed by atoms with Crippen LogP contribution in [0.4, 0.5) is 0 Å². The molecule has 1 aromatic heterocycles. The van der Waals surface area contributed by atoms with Crippen molar-refractivity contribution in [3.8, 4) is 0 Å². The summed E-state index contributed by atoms with van der Waals surface area (Å²) in [6, 6.07) is 4.18. The minimum atomic E-state index is 0.919. The summed E-state index contributed by atoms with van der Waals surface area (Å²) >= 11 is 3.36. The molecule has 15 heavy (non-hydrogen) atoms. The summed E-state index contributed by atoms with van der Waals surface area (Å²) in [5.74, 6) is 0. The summed E-state index contributed by atoms with van der Waals surface area (Å²) in [5.41, 5.74) is 1.32. The van der Waals surface area contributed by atoms with Gasteiger partial charge in [0.1, 0.15) is 4.60 Å². The topological polar surface area (TPSA) is 16.1 Å². The van der Waals surface area contributed by atoms with E-state index in [-0.39, 0.29) is 0 Å². The Morgan fingerprint density at radius 3 is 2.47 bits per heavy atom. The Morgan fingerprint density at radius 1 is 1.13 bits per heavy atom. The zero-order chi connectivity index (χ0) is 10.5. The van der Waals surface area contributed by atoms with Crippen LogP contribution in [-0.2, 0) is 6.54 Å². The molecule has 0 spiro atoms. The van der Waals surface area contributed by atoms with Crippen LogP contribution in [0.5, 0.6) is 0 Å². The molecular weight excluding hydrogens is 252 g/mol. The van der Waals surface area contributed by atoms with Crippen molar-refractivity contribution < 1.29 is 0 Å². The van der Waals surface area contributed by atoms with Gasteiger partial charge in [0.25, 0.3) is 0 Å². The van der Waals surface area contributed by atoms with Gasteiger partial charge in [-0.1, -0.05) is 18.9 Å². The molecular formula is C12H17BrN2. The minimum Gasteiger partial charge on any atom is -0.299 e. The molecule has 2 rings (SSSR count). The lowest BCUT2D eigenvalue weighted by molar-refractivity contribution is 0.276. The van der Waals surface area contributed by atoms with Crippen LogP contribution in [0.1, 0.15) is 31.2 Å². The monoisotopic (exact) mass is 268 g/mol. The van der Waals surface area contributed by atoms with E-state index in [1.54, 1.807) is 0 Å². The molecule has 0 N–H and O–H groups in total. The molecule has 3 heteroatoms. The quantitative estimate of drug-likeness (QED) is 0.766. The van der Waals surface area contributed by atoms with Gasteiger partial charge < -0.3 is 0 Å². The second kappa shape index (κ2) is 5.61. The first-order chi connectivity index (χ1) is 7.34. The fourth-order valence-electron chi connectivity index (χ4n) is 2.05. The third-order valence-corrected chi connectivity index (χ3v) is 3.36. The lowest BCUT2D eigenvalue weighted by atomic mass is 10.2. The van der Waals surface area contributed by atoms with Gasteiger partial charge in [0, 0.05) is 12.7 Å². The second-order valence-corrected chi connectivity index (χ2v) is 4.99. The molecule has 0 aliphatic carbocycles. The van der Waals surface area contributed by atoms with Gasteiger partial charge in [0.05, 0.1) is 0 Å². The highest BCUT2D eigenvalue weighted by molar-refractivity contribution is 9.10. The Hall–Kier alpha value is -0.410. The Kier molecular flexibility index (Phi) is 4.15. The predicted octanol–water partition coefficient (Wildman–Crippen LogP) is 3.22. The molecule has 1 aliphatic rings. The molecule has 2 nitrogen and oxygen atoms in total. The molecule has 0 unspecified atom stereocenters. The minimum absolute atomic E-state index is 0.919. The maximum Gasteiger partial charge on any atom is 0.106 e.